The van der Waals surface area contributed by atoms with Crippen LogP contribution in [-0.4, -0.2) is 24.3 Å². The summed E-state index contributed by atoms with van der Waals surface area (Å²) in [7, 11) is 3.29. The first-order valence-corrected chi connectivity index (χ1v) is 10.6. The van der Waals surface area contributed by atoms with E-state index in [1.54, 1.807) is 31.8 Å². The van der Waals surface area contributed by atoms with Crippen molar-refractivity contribution in [2.75, 3.05) is 19.1 Å². The molecule has 0 saturated carbocycles. The predicted octanol–water partition coefficient (Wildman–Crippen LogP) is 5.10. The Balaban J connectivity index is 1.84. The quantitative estimate of drug-likeness (QED) is 0.517. The summed E-state index contributed by atoms with van der Waals surface area (Å²) in [6, 6.07) is 15.7. The van der Waals surface area contributed by atoms with Crippen molar-refractivity contribution in [2.24, 2.45) is 0 Å². The number of hydrogen-bond acceptors (Lipinski definition) is 5. The SMILES string of the molecule is COc1ccc(N2C(=S)N[C@H](c3ccccn3)[C@@H]2c2ccc(Br)s2)c(OC)c1. The van der Waals surface area contributed by atoms with Gasteiger partial charge in [0.25, 0.3) is 0 Å². The van der Waals surface area contributed by atoms with Crippen LogP contribution < -0.4 is 19.7 Å². The lowest BCUT2D eigenvalue weighted by Gasteiger charge is -2.28. The van der Waals surface area contributed by atoms with Gasteiger partial charge in [0.05, 0.1) is 41.5 Å². The third kappa shape index (κ3) is 3.47. The van der Waals surface area contributed by atoms with Crippen molar-refractivity contribution in [3.05, 3.63) is 69.1 Å². The summed E-state index contributed by atoms with van der Waals surface area (Å²) in [6.07, 6.45) is 1.80. The van der Waals surface area contributed by atoms with Crippen LogP contribution in [0.1, 0.15) is 22.7 Å². The monoisotopic (exact) mass is 475 g/mol. The number of rotatable bonds is 5. The fourth-order valence-corrected chi connectivity index (χ4v) is 5.27. The number of halogens is 1. The molecule has 8 heteroatoms. The first kappa shape index (κ1) is 19.2. The summed E-state index contributed by atoms with van der Waals surface area (Å²) in [5, 5.41) is 4.09. The van der Waals surface area contributed by atoms with E-state index in [1.807, 2.05) is 36.4 Å². The van der Waals surface area contributed by atoms with E-state index in [0.717, 1.165) is 20.9 Å². The van der Waals surface area contributed by atoms with Crippen LogP contribution in [-0.2, 0) is 0 Å². The molecule has 3 heterocycles. The first-order chi connectivity index (χ1) is 13.6. The Morgan fingerprint density at radius 3 is 2.64 bits per heavy atom. The molecule has 0 aliphatic carbocycles. The number of anilines is 1. The lowest BCUT2D eigenvalue weighted by atomic mass is 10.0. The Morgan fingerprint density at radius 1 is 1.14 bits per heavy atom. The van der Waals surface area contributed by atoms with Crippen LogP contribution in [0.5, 0.6) is 11.5 Å². The topological polar surface area (TPSA) is 46.6 Å². The van der Waals surface area contributed by atoms with Crippen molar-refractivity contribution in [1.29, 1.82) is 0 Å². The molecule has 1 aromatic carbocycles. The lowest BCUT2D eigenvalue weighted by Crippen LogP contribution is -2.29. The molecule has 28 heavy (non-hydrogen) atoms. The summed E-state index contributed by atoms with van der Waals surface area (Å²) in [5.74, 6) is 1.43. The molecule has 0 bridgehead atoms. The average molecular weight is 476 g/mol. The van der Waals surface area contributed by atoms with E-state index in [2.05, 4.69) is 43.3 Å². The highest BCUT2D eigenvalue weighted by Gasteiger charge is 2.42. The average Bonchev–Trinajstić information content (AvgIpc) is 3.30. The molecule has 144 valence electrons. The zero-order valence-electron chi connectivity index (χ0n) is 15.3. The maximum absolute atomic E-state index is 5.75. The third-order valence-electron chi connectivity index (χ3n) is 4.63. The molecule has 1 saturated heterocycles. The number of aromatic nitrogens is 1. The second-order valence-electron chi connectivity index (χ2n) is 6.18. The van der Waals surface area contributed by atoms with Gasteiger partial charge in [-0.1, -0.05) is 6.07 Å². The van der Waals surface area contributed by atoms with Crippen LogP contribution in [0.4, 0.5) is 5.69 Å². The van der Waals surface area contributed by atoms with Crippen LogP contribution in [0, 0.1) is 0 Å². The highest BCUT2D eigenvalue weighted by Crippen LogP contribution is 2.47. The Bertz CT molecular complexity index is 996. The third-order valence-corrected chi connectivity index (χ3v) is 6.64. The van der Waals surface area contributed by atoms with E-state index in [-0.39, 0.29) is 12.1 Å². The van der Waals surface area contributed by atoms with Crippen molar-refractivity contribution in [3.8, 4) is 11.5 Å². The molecule has 1 aliphatic heterocycles. The molecule has 3 aromatic rings. The zero-order chi connectivity index (χ0) is 19.7. The molecule has 1 N–H and O–H groups in total. The fraction of sp³-hybridized carbons (Fsp3) is 0.200. The Hall–Kier alpha value is -2.16. The summed E-state index contributed by atoms with van der Waals surface area (Å²) >= 11 is 11.0. The summed E-state index contributed by atoms with van der Waals surface area (Å²) in [6.45, 7) is 0. The minimum atomic E-state index is -0.0777. The Labute approximate surface area is 181 Å². The van der Waals surface area contributed by atoms with E-state index >= 15 is 0 Å². The van der Waals surface area contributed by atoms with Gasteiger partial charge in [0.2, 0.25) is 0 Å². The highest BCUT2D eigenvalue weighted by molar-refractivity contribution is 9.11. The largest absolute Gasteiger partial charge is 0.497 e. The van der Waals surface area contributed by atoms with Gasteiger partial charge in [-0.2, -0.15) is 0 Å². The van der Waals surface area contributed by atoms with Crippen molar-refractivity contribution in [3.63, 3.8) is 0 Å². The second-order valence-corrected chi connectivity index (χ2v) is 9.06. The predicted molar refractivity (Wildman–Crippen MR) is 119 cm³/mol. The number of nitrogens with zero attached hydrogens (tertiary/aromatic N) is 2. The molecular formula is C20H18BrN3O2S2. The van der Waals surface area contributed by atoms with Crippen LogP contribution in [0.2, 0.25) is 0 Å². The summed E-state index contributed by atoms with van der Waals surface area (Å²) in [4.78, 5) is 7.84. The molecule has 2 aromatic heterocycles. The molecule has 0 spiro atoms. The second kappa shape index (κ2) is 8.06. The number of nitrogens with one attached hydrogen (secondary N) is 1. The minimum Gasteiger partial charge on any atom is -0.497 e. The Kier molecular flexibility index (Phi) is 5.52. The maximum atomic E-state index is 5.75. The van der Waals surface area contributed by atoms with Crippen LogP contribution in [0.25, 0.3) is 0 Å². The fourth-order valence-electron chi connectivity index (χ4n) is 3.37. The number of hydrogen-bond donors (Lipinski definition) is 1. The van der Waals surface area contributed by atoms with Gasteiger partial charge < -0.3 is 19.7 Å². The van der Waals surface area contributed by atoms with Crippen molar-refractivity contribution in [1.82, 2.24) is 10.3 Å². The lowest BCUT2D eigenvalue weighted by molar-refractivity contribution is 0.394. The van der Waals surface area contributed by atoms with E-state index in [0.29, 0.717) is 10.9 Å². The van der Waals surface area contributed by atoms with Crippen LogP contribution in [0.3, 0.4) is 0 Å². The van der Waals surface area contributed by atoms with Gasteiger partial charge in [-0.25, -0.2) is 0 Å². The van der Waals surface area contributed by atoms with E-state index < -0.39 is 0 Å². The molecule has 2 atom stereocenters. The smallest absolute Gasteiger partial charge is 0.174 e. The van der Waals surface area contributed by atoms with Crippen LogP contribution >= 0.6 is 39.5 Å². The number of pyridine rings is 1. The van der Waals surface area contributed by atoms with Gasteiger partial charge in [0.15, 0.2) is 5.11 Å². The maximum Gasteiger partial charge on any atom is 0.174 e. The van der Waals surface area contributed by atoms with Crippen LogP contribution in [0.15, 0.2) is 58.5 Å². The standard InChI is InChI=1S/C20H18BrN3O2S2/c1-25-12-6-7-14(15(11-12)26-2)24-19(16-8-9-17(21)28-16)18(23-20(24)27)13-5-3-4-10-22-13/h3-11,18-19H,1-2H3,(H,23,27)/t18-,19+/m1/s1. The molecule has 4 rings (SSSR count). The van der Waals surface area contributed by atoms with Gasteiger partial charge >= 0.3 is 0 Å². The molecule has 1 fully saturated rings. The number of ether oxygens (including phenoxy) is 2. The van der Waals surface area contributed by atoms with Gasteiger partial charge in [0.1, 0.15) is 11.5 Å². The molecular weight excluding hydrogens is 458 g/mol. The number of thiocarbonyl (C=S) groups is 1. The molecule has 0 unspecified atom stereocenters. The van der Waals surface area contributed by atoms with E-state index in [4.69, 9.17) is 21.7 Å². The van der Waals surface area contributed by atoms with Crippen molar-refractivity contribution in [2.45, 2.75) is 12.1 Å². The molecule has 5 nitrogen and oxygen atoms in total. The number of thiophene rings is 1. The molecule has 1 aliphatic rings. The van der Waals surface area contributed by atoms with E-state index in [9.17, 15) is 0 Å². The summed E-state index contributed by atoms with van der Waals surface area (Å²) in [5.41, 5.74) is 1.82. The van der Waals surface area contributed by atoms with E-state index in [1.165, 1.54) is 4.88 Å². The highest BCUT2D eigenvalue weighted by atomic mass is 79.9. The zero-order valence-corrected chi connectivity index (χ0v) is 18.5. The Morgan fingerprint density at radius 2 is 2.00 bits per heavy atom. The minimum absolute atomic E-state index is 0.0546. The summed E-state index contributed by atoms with van der Waals surface area (Å²) < 4.78 is 12.1. The molecule has 0 radical (unpaired) electrons. The normalized spacial score (nSPS) is 18.8. The van der Waals surface area contributed by atoms with Crippen molar-refractivity contribution < 1.29 is 9.47 Å². The molecule has 0 amide bonds. The van der Waals surface area contributed by atoms with Gasteiger partial charge in [-0.05, 0) is 64.5 Å². The number of methoxy groups -OCH3 is 2. The first-order valence-electron chi connectivity index (χ1n) is 8.60. The van der Waals surface area contributed by atoms with Crippen molar-refractivity contribution >= 4 is 50.3 Å². The van der Waals surface area contributed by atoms with Gasteiger partial charge in [-0.15, -0.1) is 11.3 Å². The van der Waals surface area contributed by atoms with Gasteiger partial charge in [0, 0.05) is 17.1 Å². The van der Waals surface area contributed by atoms with Gasteiger partial charge in [-0.3, -0.25) is 4.98 Å². The number of benzene rings is 1.